The van der Waals surface area contributed by atoms with Crippen molar-refractivity contribution < 1.29 is 4.74 Å². The average molecular weight is 296 g/mol. The number of rotatable bonds is 6. The molecule has 0 radical (unpaired) electrons. The van der Waals surface area contributed by atoms with Gasteiger partial charge in [-0.2, -0.15) is 12.6 Å². The fourth-order valence-electron chi connectivity index (χ4n) is 1.17. The molecule has 1 N–H and O–H groups in total. The normalized spacial score (nSPS) is 10.8. The van der Waals surface area contributed by atoms with Crippen molar-refractivity contribution in [1.82, 2.24) is 5.32 Å². The van der Waals surface area contributed by atoms with E-state index < -0.39 is 0 Å². The van der Waals surface area contributed by atoms with Crippen LogP contribution in [0.4, 0.5) is 0 Å². The lowest BCUT2D eigenvalue weighted by Gasteiger charge is -2.17. The predicted molar refractivity (Wildman–Crippen MR) is 80.1 cm³/mol. The predicted octanol–water partition coefficient (Wildman–Crippen LogP) is 3.44. The Morgan fingerprint density at radius 1 is 1.29 bits per heavy atom. The van der Waals surface area contributed by atoms with Gasteiger partial charge in [-0.1, -0.05) is 11.6 Å². The fraction of sp³-hybridized carbons (Fsp3) is 0.500. The lowest BCUT2D eigenvalue weighted by Crippen LogP contribution is -2.32. The van der Waals surface area contributed by atoms with E-state index in [1.54, 1.807) is 0 Å². The van der Waals surface area contributed by atoms with Gasteiger partial charge in [-0.05, 0) is 38.1 Å². The van der Waals surface area contributed by atoms with Gasteiger partial charge in [0.2, 0.25) is 0 Å². The third kappa shape index (κ3) is 8.61. The number of halogens is 2. The minimum Gasteiger partial charge on any atom is -0.492 e. The van der Waals surface area contributed by atoms with Crippen LogP contribution in [0.15, 0.2) is 24.3 Å². The highest BCUT2D eigenvalue weighted by Crippen LogP contribution is 2.15. The van der Waals surface area contributed by atoms with Gasteiger partial charge in [0.15, 0.2) is 0 Å². The Hall–Kier alpha value is -0.0900. The zero-order chi connectivity index (χ0) is 12.0. The first-order chi connectivity index (χ1) is 7.47. The molecular weight excluding hydrogens is 277 g/mol. The van der Waals surface area contributed by atoms with Gasteiger partial charge in [-0.3, -0.25) is 0 Å². The second-order valence-electron chi connectivity index (χ2n) is 4.29. The minimum atomic E-state index is 0. The summed E-state index contributed by atoms with van der Waals surface area (Å²) in [7, 11) is 0. The zero-order valence-corrected chi connectivity index (χ0v) is 12.5. The van der Waals surface area contributed by atoms with Crippen molar-refractivity contribution in [1.29, 1.82) is 0 Å². The molecule has 17 heavy (non-hydrogen) atoms. The molecule has 98 valence electrons. The summed E-state index contributed by atoms with van der Waals surface area (Å²) < 4.78 is 5.54. The summed E-state index contributed by atoms with van der Waals surface area (Å²) in [6.07, 6.45) is 0. The Morgan fingerprint density at radius 2 is 1.88 bits per heavy atom. The quantitative estimate of drug-likeness (QED) is 0.620. The topological polar surface area (TPSA) is 21.3 Å². The summed E-state index contributed by atoms with van der Waals surface area (Å²) in [6.45, 7) is 6.46. The van der Waals surface area contributed by atoms with Crippen molar-refractivity contribution in [2.45, 2.75) is 18.6 Å². The van der Waals surface area contributed by atoms with Gasteiger partial charge >= 0.3 is 0 Å². The molecular formula is C12H19Cl2NOS. The maximum atomic E-state index is 5.77. The van der Waals surface area contributed by atoms with E-state index in [1.807, 2.05) is 24.3 Å². The Bertz CT molecular complexity index is 311. The molecule has 0 atom stereocenters. The molecule has 0 spiro atoms. The average Bonchev–Trinajstić information content (AvgIpc) is 2.19. The first-order valence-corrected chi connectivity index (χ1v) is 6.11. The molecule has 1 aromatic rings. The zero-order valence-electron chi connectivity index (χ0n) is 10.1. The van der Waals surface area contributed by atoms with Gasteiger partial charge in [0.1, 0.15) is 12.4 Å². The maximum absolute atomic E-state index is 5.77. The molecule has 0 unspecified atom stereocenters. The van der Waals surface area contributed by atoms with Crippen LogP contribution in [0.25, 0.3) is 0 Å². The molecule has 0 aliphatic carbocycles. The van der Waals surface area contributed by atoms with Gasteiger partial charge in [-0.15, -0.1) is 12.4 Å². The van der Waals surface area contributed by atoms with E-state index in [1.165, 1.54) is 0 Å². The first-order valence-electron chi connectivity index (χ1n) is 5.29. The van der Waals surface area contributed by atoms with Crippen LogP contribution in [0, 0.1) is 0 Å². The summed E-state index contributed by atoms with van der Waals surface area (Å²) in [6, 6.07) is 7.37. The number of hydrogen-bond acceptors (Lipinski definition) is 3. The number of benzene rings is 1. The molecule has 0 saturated carbocycles. The van der Waals surface area contributed by atoms with E-state index in [4.69, 9.17) is 16.3 Å². The standard InChI is InChI=1S/C12H18ClNOS.ClH/c1-12(2,16)9-14-7-8-15-11-5-3-10(13)4-6-11;/h3-6,14,16H,7-9H2,1-2H3;1H. The van der Waals surface area contributed by atoms with Crippen molar-refractivity contribution >= 4 is 36.6 Å². The lowest BCUT2D eigenvalue weighted by atomic mass is 10.2. The van der Waals surface area contributed by atoms with Crippen LogP contribution in [0.2, 0.25) is 5.02 Å². The van der Waals surface area contributed by atoms with Crippen LogP contribution in [-0.4, -0.2) is 24.4 Å². The van der Waals surface area contributed by atoms with Crippen molar-refractivity contribution in [3.63, 3.8) is 0 Å². The largest absolute Gasteiger partial charge is 0.492 e. The summed E-state index contributed by atoms with van der Waals surface area (Å²) in [5.41, 5.74) is 0. The van der Waals surface area contributed by atoms with Crippen LogP contribution in [0.1, 0.15) is 13.8 Å². The monoisotopic (exact) mass is 295 g/mol. The molecule has 0 fully saturated rings. The van der Waals surface area contributed by atoms with E-state index in [9.17, 15) is 0 Å². The molecule has 0 aromatic heterocycles. The molecule has 0 heterocycles. The lowest BCUT2D eigenvalue weighted by molar-refractivity contribution is 0.312. The third-order valence-corrected chi connectivity index (χ3v) is 2.33. The Morgan fingerprint density at radius 3 is 2.41 bits per heavy atom. The number of thiol groups is 1. The van der Waals surface area contributed by atoms with E-state index >= 15 is 0 Å². The molecule has 0 aliphatic rings. The molecule has 1 rings (SSSR count). The van der Waals surface area contributed by atoms with Crippen LogP contribution < -0.4 is 10.1 Å². The molecule has 0 saturated heterocycles. The molecule has 1 aromatic carbocycles. The number of nitrogens with one attached hydrogen (secondary N) is 1. The fourth-order valence-corrected chi connectivity index (χ4v) is 1.40. The second-order valence-corrected chi connectivity index (χ2v) is 5.94. The van der Waals surface area contributed by atoms with Gasteiger partial charge in [0.05, 0.1) is 0 Å². The van der Waals surface area contributed by atoms with E-state index in [0.29, 0.717) is 6.61 Å². The summed E-state index contributed by atoms with van der Waals surface area (Å²) in [5, 5.41) is 4.00. The van der Waals surface area contributed by atoms with Crippen LogP contribution in [-0.2, 0) is 0 Å². The summed E-state index contributed by atoms with van der Waals surface area (Å²) in [4.78, 5) is 0. The Kier molecular flexibility index (Phi) is 8.05. The molecule has 5 heteroatoms. The van der Waals surface area contributed by atoms with Crippen LogP contribution in [0.3, 0.4) is 0 Å². The highest BCUT2D eigenvalue weighted by atomic mass is 35.5. The maximum Gasteiger partial charge on any atom is 0.119 e. The minimum absolute atomic E-state index is 0. The van der Waals surface area contributed by atoms with Crippen molar-refractivity contribution in [2.75, 3.05) is 19.7 Å². The molecule has 2 nitrogen and oxygen atoms in total. The van der Waals surface area contributed by atoms with Crippen molar-refractivity contribution in [3.8, 4) is 5.75 Å². The van der Waals surface area contributed by atoms with Gasteiger partial charge in [0.25, 0.3) is 0 Å². The Balaban J connectivity index is 0.00000256. The Labute approximate surface area is 120 Å². The highest BCUT2D eigenvalue weighted by molar-refractivity contribution is 7.81. The van der Waals surface area contributed by atoms with Crippen molar-refractivity contribution in [3.05, 3.63) is 29.3 Å². The SMILES string of the molecule is CC(C)(S)CNCCOc1ccc(Cl)cc1.Cl. The van der Waals surface area contributed by atoms with Crippen molar-refractivity contribution in [2.24, 2.45) is 0 Å². The second kappa shape index (κ2) is 8.09. The van der Waals surface area contributed by atoms with Gasteiger partial charge < -0.3 is 10.1 Å². The highest BCUT2D eigenvalue weighted by Gasteiger charge is 2.09. The van der Waals surface area contributed by atoms with Gasteiger partial charge in [0, 0.05) is 22.9 Å². The third-order valence-electron chi connectivity index (χ3n) is 1.92. The van der Waals surface area contributed by atoms with E-state index in [0.717, 1.165) is 23.9 Å². The summed E-state index contributed by atoms with van der Waals surface area (Å²) in [5.74, 6) is 0.844. The van der Waals surface area contributed by atoms with Crippen LogP contribution >= 0.6 is 36.6 Å². The van der Waals surface area contributed by atoms with E-state index in [2.05, 4.69) is 31.8 Å². The molecule has 0 aliphatic heterocycles. The molecule has 0 amide bonds. The van der Waals surface area contributed by atoms with Crippen LogP contribution in [0.5, 0.6) is 5.75 Å². The summed E-state index contributed by atoms with van der Waals surface area (Å²) >= 11 is 10.2. The first kappa shape index (κ1) is 16.9. The van der Waals surface area contributed by atoms with Gasteiger partial charge in [-0.25, -0.2) is 0 Å². The van der Waals surface area contributed by atoms with E-state index in [-0.39, 0.29) is 17.2 Å². The molecule has 0 bridgehead atoms. The number of ether oxygens (including phenoxy) is 1. The number of hydrogen-bond donors (Lipinski definition) is 2. The smallest absolute Gasteiger partial charge is 0.119 e.